The van der Waals surface area contributed by atoms with E-state index in [4.69, 9.17) is 4.74 Å². The average molecular weight is 429 g/mol. The quantitative estimate of drug-likeness (QED) is 0.499. The molecule has 2 N–H and O–H groups in total. The Balaban J connectivity index is 2.77. The molecular weight excluding hydrogens is 403 g/mol. The molecule has 2 atom stereocenters. The van der Waals surface area contributed by atoms with Gasteiger partial charge in [-0.3, -0.25) is 0 Å². The van der Waals surface area contributed by atoms with Gasteiger partial charge in [0.25, 0.3) is 0 Å². The molecule has 0 spiro atoms. The molecule has 144 valence electrons. The van der Waals surface area contributed by atoms with Gasteiger partial charge in [0.1, 0.15) is 0 Å². The summed E-state index contributed by atoms with van der Waals surface area (Å²) in [6.07, 6.45) is -0.674. The van der Waals surface area contributed by atoms with Crippen LogP contribution in [0.15, 0.2) is 30.3 Å². The summed E-state index contributed by atoms with van der Waals surface area (Å²) in [7, 11) is 1.25. The van der Waals surface area contributed by atoms with Crippen molar-refractivity contribution >= 4 is 37.4 Å². The second-order valence-corrected chi connectivity index (χ2v) is 8.87. The molecule has 0 aliphatic heterocycles. The van der Waals surface area contributed by atoms with Gasteiger partial charge in [-0.05, 0) is 0 Å². The van der Waals surface area contributed by atoms with Crippen LogP contribution in [0.2, 0.25) is 5.32 Å². The standard InChI is InChI=1S/C18H26N2O5Se/c1-12(16(22)24-5)19-15(21)14(20-17(23)25-18(2,3)4)11-26-13-9-7-6-8-10-13/h6-10,12,14H,11H2,1-5H3,(H,19,21)(H,20,23)/t12-,14-/m0/s1. The topological polar surface area (TPSA) is 93.7 Å². The zero-order valence-electron chi connectivity index (χ0n) is 15.7. The fourth-order valence-electron chi connectivity index (χ4n) is 1.88. The summed E-state index contributed by atoms with van der Waals surface area (Å²) in [4.78, 5) is 36.1. The summed E-state index contributed by atoms with van der Waals surface area (Å²) in [6, 6.07) is 8.09. The summed E-state index contributed by atoms with van der Waals surface area (Å²) in [6.45, 7) is 6.76. The Morgan fingerprint density at radius 2 is 1.73 bits per heavy atom. The fourth-order valence-corrected chi connectivity index (χ4v) is 3.86. The molecule has 7 nitrogen and oxygen atoms in total. The summed E-state index contributed by atoms with van der Waals surface area (Å²) >= 11 is -0.0349. The minimum absolute atomic E-state index is 0.0349. The van der Waals surface area contributed by atoms with E-state index in [0.29, 0.717) is 5.32 Å². The van der Waals surface area contributed by atoms with Gasteiger partial charge in [-0.2, -0.15) is 0 Å². The summed E-state index contributed by atoms with van der Waals surface area (Å²) in [5.74, 6) is -1.01. The van der Waals surface area contributed by atoms with Crippen LogP contribution >= 0.6 is 0 Å². The molecule has 0 heterocycles. The molecule has 8 heteroatoms. The number of methoxy groups -OCH3 is 1. The molecule has 0 radical (unpaired) electrons. The minimum atomic E-state index is -0.808. The molecule has 2 amide bonds. The Kier molecular flexibility index (Phi) is 8.61. The van der Waals surface area contributed by atoms with Crippen LogP contribution in [0.4, 0.5) is 4.79 Å². The molecule has 0 aliphatic carbocycles. The van der Waals surface area contributed by atoms with Crippen LogP contribution in [0.3, 0.4) is 0 Å². The van der Waals surface area contributed by atoms with Crippen molar-refractivity contribution in [1.82, 2.24) is 10.6 Å². The summed E-state index contributed by atoms with van der Waals surface area (Å²) in [5, 5.41) is 5.58. The summed E-state index contributed by atoms with van der Waals surface area (Å²) in [5.41, 5.74) is -0.672. The average Bonchev–Trinajstić information content (AvgIpc) is 2.56. The molecule has 0 saturated heterocycles. The van der Waals surface area contributed by atoms with E-state index in [0.717, 1.165) is 4.46 Å². The van der Waals surface area contributed by atoms with Crippen molar-refractivity contribution in [2.24, 2.45) is 0 Å². The Bertz CT molecular complexity index is 616. The monoisotopic (exact) mass is 430 g/mol. The fraction of sp³-hybridized carbons (Fsp3) is 0.500. The molecule has 1 aromatic rings. The SMILES string of the molecule is COC(=O)[C@H](C)NC(=O)[C@H](C[Se]c1ccccc1)NC(=O)OC(C)(C)C. The first-order valence-corrected chi connectivity index (χ1v) is 10.2. The third-order valence-corrected chi connectivity index (χ3v) is 5.40. The van der Waals surface area contributed by atoms with Crippen molar-refractivity contribution < 1.29 is 23.9 Å². The second kappa shape index (κ2) is 10.2. The normalized spacial score (nSPS) is 13.3. The number of hydrogen-bond acceptors (Lipinski definition) is 5. The Labute approximate surface area is 160 Å². The first-order valence-electron chi connectivity index (χ1n) is 8.18. The number of alkyl carbamates (subject to hydrolysis) is 1. The van der Waals surface area contributed by atoms with Crippen LogP contribution in [0.25, 0.3) is 0 Å². The van der Waals surface area contributed by atoms with E-state index in [-0.39, 0.29) is 15.0 Å². The van der Waals surface area contributed by atoms with Crippen molar-refractivity contribution in [3.8, 4) is 0 Å². The first kappa shape index (κ1) is 22.0. The van der Waals surface area contributed by atoms with Gasteiger partial charge >= 0.3 is 160 Å². The van der Waals surface area contributed by atoms with E-state index in [9.17, 15) is 14.4 Å². The number of nitrogens with one attached hydrogen (secondary N) is 2. The predicted molar refractivity (Wildman–Crippen MR) is 99.4 cm³/mol. The second-order valence-electron chi connectivity index (χ2n) is 6.58. The van der Waals surface area contributed by atoms with E-state index in [2.05, 4.69) is 15.4 Å². The Hall–Kier alpha value is -2.05. The van der Waals surface area contributed by atoms with E-state index in [1.807, 2.05) is 30.3 Å². The van der Waals surface area contributed by atoms with E-state index >= 15 is 0 Å². The van der Waals surface area contributed by atoms with Crippen molar-refractivity contribution in [3.63, 3.8) is 0 Å². The zero-order valence-corrected chi connectivity index (χ0v) is 17.4. The number of amides is 2. The molecule has 0 saturated carbocycles. The molecule has 1 rings (SSSR count). The van der Waals surface area contributed by atoms with Gasteiger partial charge in [-0.15, -0.1) is 0 Å². The van der Waals surface area contributed by atoms with Crippen LogP contribution < -0.4 is 15.1 Å². The molecule has 0 fully saturated rings. The zero-order chi connectivity index (χ0) is 19.7. The molecule has 0 aromatic heterocycles. The van der Waals surface area contributed by atoms with E-state index in [1.54, 1.807) is 20.8 Å². The van der Waals surface area contributed by atoms with Gasteiger partial charge in [0.2, 0.25) is 0 Å². The van der Waals surface area contributed by atoms with Gasteiger partial charge in [0.05, 0.1) is 0 Å². The number of hydrogen-bond donors (Lipinski definition) is 2. The van der Waals surface area contributed by atoms with Crippen LogP contribution in [0.5, 0.6) is 0 Å². The molecule has 26 heavy (non-hydrogen) atoms. The number of ether oxygens (including phenoxy) is 2. The maximum absolute atomic E-state index is 12.5. The van der Waals surface area contributed by atoms with Crippen molar-refractivity contribution in [1.29, 1.82) is 0 Å². The molecule has 0 unspecified atom stereocenters. The van der Waals surface area contributed by atoms with Crippen LogP contribution in [-0.4, -0.2) is 57.7 Å². The number of carbonyl (C=O) groups excluding carboxylic acids is 3. The van der Waals surface area contributed by atoms with Gasteiger partial charge in [0.15, 0.2) is 0 Å². The molecular formula is C18H26N2O5Se. The number of carbonyl (C=O) groups is 3. The molecule has 0 aliphatic rings. The number of rotatable bonds is 7. The Morgan fingerprint density at radius 3 is 2.27 bits per heavy atom. The maximum atomic E-state index is 12.5. The molecule has 0 bridgehead atoms. The van der Waals surface area contributed by atoms with Crippen LogP contribution in [0.1, 0.15) is 27.7 Å². The number of benzene rings is 1. The summed E-state index contributed by atoms with van der Waals surface area (Å²) < 4.78 is 10.9. The number of esters is 1. The van der Waals surface area contributed by atoms with E-state index in [1.165, 1.54) is 14.0 Å². The van der Waals surface area contributed by atoms with Crippen molar-refractivity contribution in [2.45, 2.75) is 50.7 Å². The van der Waals surface area contributed by atoms with Crippen molar-refractivity contribution in [3.05, 3.63) is 30.3 Å². The Morgan fingerprint density at radius 1 is 1.12 bits per heavy atom. The third-order valence-electron chi connectivity index (χ3n) is 3.08. The van der Waals surface area contributed by atoms with Crippen molar-refractivity contribution in [2.75, 3.05) is 7.11 Å². The van der Waals surface area contributed by atoms with Crippen LogP contribution in [-0.2, 0) is 19.1 Å². The molecule has 1 aromatic carbocycles. The predicted octanol–water partition coefficient (Wildman–Crippen LogP) is 1.01. The van der Waals surface area contributed by atoms with Gasteiger partial charge < -0.3 is 0 Å². The van der Waals surface area contributed by atoms with E-state index < -0.39 is 35.7 Å². The van der Waals surface area contributed by atoms with Gasteiger partial charge in [0, 0.05) is 0 Å². The first-order chi connectivity index (χ1) is 12.1. The van der Waals surface area contributed by atoms with Gasteiger partial charge in [-0.1, -0.05) is 0 Å². The van der Waals surface area contributed by atoms with Gasteiger partial charge in [-0.25, -0.2) is 0 Å². The van der Waals surface area contributed by atoms with Crippen LogP contribution in [0, 0.1) is 0 Å². The third kappa shape index (κ3) is 8.36.